The van der Waals surface area contributed by atoms with Crippen molar-refractivity contribution in [2.24, 2.45) is 0 Å². The monoisotopic (exact) mass is 506 g/mol. The third kappa shape index (κ3) is 5.58. The van der Waals surface area contributed by atoms with Gasteiger partial charge < -0.3 is 14.8 Å². The van der Waals surface area contributed by atoms with Crippen LogP contribution in [0.1, 0.15) is 32.7 Å². The Kier molecular flexibility index (Phi) is 7.47. The van der Waals surface area contributed by atoms with E-state index in [0.29, 0.717) is 11.4 Å². The maximum absolute atomic E-state index is 13.8. The fourth-order valence-electron chi connectivity index (χ4n) is 4.25. The van der Waals surface area contributed by atoms with Crippen LogP contribution in [0.4, 0.5) is 13.2 Å². The minimum absolute atomic E-state index is 0.149. The summed E-state index contributed by atoms with van der Waals surface area (Å²) in [5.41, 5.74) is -0.637. The molecule has 8 heteroatoms. The number of amides is 1. The quantitative estimate of drug-likeness (QED) is 0.317. The number of carbonyl (C=O) groups excluding carboxylic acids is 1. The number of benzene rings is 3. The predicted molar refractivity (Wildman–Crippen MR) is 134 cm³/mol. The molecule has 1 amide bonds. The number of hydrogen-bond donors (Lipinski definition) is 1. The third-order valence-electron chi connectivity index (χ3n) is 6.08. The summed E-state index contributed by atoms with van der Waals surface area (Å²) in [6.45, 7) is 0. The second kappa shape index (κ2) is 10.7. The predicted octanol–water partition coefficient (Wildman–Crippen LogP) is 6.03. The number of rotatable bonds is 8. The average Bonchev–Trinajstić information content (AvgIpc) is 2.92. The van der Waals surface area contributed by atoms with Crippen molar-refractivity contribution < 1.29 is 27.4 Å². The van der Waals surface area contributed by atoms with E-state index in [1.807, 2.05) is 30.3 Å². The summed E-state index contributed by atoms with van der Waals surface area (Å²) in [6.07, 6.45) is -2.87. The highest BCUT2D eigenvalue weighted by atomic mass is 19.4. The van der Waals surface area contributed by atoms with Crippen molar-refractivity contribution in [2.75, 3.05) is 14.2 Å². The molecule has 1 atom stereocenters. The molecule has 1 aromatic heterocycles. The lowest BCUT2D eigenvalue weighted by Crippen LogP contribution is -2.49. The molecule has 1 heterocycles. The van der Waals surface area contributed by atoms with Crippen molar-refractivity contribution in [2.45, 2.75) is 18.1 Å². The second-order valence-corrected chi connectivity index (χ2v) is 8.38. The van der Waals surface area contributed by atoms with E-state index in [1.54, 1.807) is 48.7 Å². The minimum atomic E-state index is -4.57. The molecule has 0 spiro atoms. The topological polar surface area (TPSA) is 60.5 Å². The van der Waals surface area contributed by atoms with Gasteiger partial charge in [0.1, 0.15) is 17.0 Å². The lowest BCUT2D eigenvalue weighted by atomic mass is 9.79. The summed E-state index contributed by atoms with van der Waals surface area (Å²) in [4.78, 5) is 18.3. The lowest BCUT2D eigenvalue weighted by molar-refractivity contribution is -0.137. The highest BCUT2D eigenvalue weighted by Crippen LogP contribution is 2.37. The van der Waals surface area contributed by atoms with Gasteiger partial charge in [-0.3, -0.25) is 9.78 Å². The van der Waals surface area contributed by atoms with Crippen molar-refractivity contribution in [1.29, 1.82) is 0 Å². The first kappa shape index (κ1) is 25.8. The summed E-state index contributed by atoms with van der Waals surface area (Å²) >= 11 is 0. The Hall–Kier alpha value is -4.33. The Morgan fingerprint density at radius 2 is 1.57 bits per heavy atom. The summed E-state index contributed by atoms with van der Waals surface area (Å²) in [7, 11) is 2.92. The summed E-state index contributed by atoms with van der Waals surface area (Å²) in [5, 5.41) is 3.03. The number of carbonyl (C=O) groups is 1. The number of methoxy groups -OCH3 is 2. The van der Waals surface area contributed by atoms with Crippen molar-refractivity contribution >= 4 is 5.91 Å². The van der Waals surface area contributed by atoms with Gasteiger partial charge in [0, 0.05) is 18.7 Å². The molecular formula is C29H25F3N2O3. The highest BCUT2D eigenvalue weighted by Gasteiger charge is 2.40. The van der Waals surface area contributed by atoms with Gasteiger partial charge in [0.2, 0.25) is 0 Å². The van der Waals surface area contributed by atoms with E-state index in [0.717, 1.165) is 17.7 Å². The number of hydrogen-bond acceptors (Lipinski definition) is 4. The first-order valence-electron chi connectivity index (χ1n) is 11.4. The SMILES string of the molecule is COc1ccc(C(=O)NC(Cc2ccccc2)(c2cccc(C(F)(F)F)c2)c2ccccn2)c(OC)c1. The van der Waals surface area contributed by atoms with Crippen LogP contribution in [0, 0.1) is 0 Å². The lowest BCUT2D eigenvalue weighted by Gasteiger charge is -2.36. The van der Waals surface area contributed by atoms with Crippen LogP contribution in [0.15, 0.2) is 97.2 Å². The molecule has 0 aliphatic carbocycles. The van der Waals surface area contributed by atoms with Gasteiger partial charge in [0.05, 0.1) is 31.0 Å². The summed E-state index contributed by atoms with van der Waals surface area (Å²) in [5.74, 6) is 0.209. The molecule has 0 fully saturated rings. The molecule has 190 valence electrons. The van der Waals surface area contributed by atoms with Gasteiger partial charge in [0.25, 0.3) is 5.91 Å². The Bertz CT molecular complexity index is 1360. The zero-order chi connectivity index (χ0) is 26.5. The highest BCUT2D eigenvalue weighted by molar-refractivity contribution is 5.98. The Morgan fingerprint density at radius 3 is 2.22 bits per heavy atom. The number of ether oxygens (including phenoxy) is 2. The standard InChI is InChI=1S/C29H25F3N2O3/c1-36-23-14-15-24(25(18-23)37-2)27(35)34-28(26-13-6-7-16-33-26,19-20-9-4-3-5-10-20)21-11-8-12-22(17-21)29(30,31)32/h3-18H,19H2,1-2H3,(H,34,35). The number of pyridine rings is 1. The molecule has 4 rings (SSSR count). The maximum Gasteiger partial charge on any atom is 0.416 e. The molecule has 1 N–H and O–H groups in total. The molecule has 1 unspecified atom stereocenters. The normalized spacial score (nSPS) is 12.9. The zero-order valence-corrected chi connectivity index (χ0v) is 20.3. The van der Waals surface area contributed by atoms with E-state index in [1.165, 1.54) is 20.3 Å². The molecule has 4 aromatic rings. The first-order chi connectivity index (χ1) is 17.8. The molecule has 0 radical (unpaired) electrons. The minimum Gasteiger partial charge on any atom is -0.497 e. The molecule has 5 nitrogen and oxygen atoms in total. The van der Waals surface area contributed by atoms with Gasteiger partial charge in [-0.15, -0.1) is 0 Å². The van der Waals surface area contributed by atoms with Gasteiger partial charge >= 0.3 is 6.18 Å². The molecule has 0 saturated carbocycles. The van der Waals surface area contributed by atoms with Crippen LogP contribution >= 0.6 is 0 Å². The summed E-state index contributed by atoms with van der Waals surface area (Å²) < 4.78 is 51.9. The number of halogens is 3. The molecule has 0 saturated heterocycles. The molecule has 0 aliphatic heterocycles. The molecule has 3 aromatic carbocycles. The van der Waals surface area contributed by atoms with Crippen LogP contribution in [-0.2, 0) is 18.1 Å². The molecule has 0 bridgehead atoms. The van der Waals surface area contributed by atoms with Crippen molar-refractivity contribution in [3.8, 4) is 11.5 Å². The Balaban J connectivity index is 1.93. The zero-order valence-electron chi connectivity index (χ0n) is 20.3. The van der Waals surface area contributed by atoms with Crippen LogP contribution in [0.5, 0.6) is 11.5 Å². The van der Waals surface area contributed by atoms with Crippen LogP contribution < -0.4 is 14.8 Å². The van der Waals surface area contributed by atoms with Crippen molar-refractivity contribution in [1.82, 2.24) is 10.3 Å². The van der Waals surface area contributed by atoms with E-state index in [-0.39, 0.29) is 23.3 Å². The fraction of sp³-hybridized carbons (Fsp3) is 0.172. The molecular weight excluding hydrogens is 481 g/mol. The van der Waals surface area contributed by atoms with E-state index in [4.69, 9.17) is 9.47 Å². The van der Waals surface area contributed by atoms with Gasteiger partial charge in [-0.1, -0.05) is 48.5 Å². The van der Waals surface area contributed by atoms with Crippen LogP contribution in [0.25, 0.3) is 0 Å². The largest absolute Gasteiger partial charge is 0.497 e. The number of nitrogens with one attached hydrogen (secondary N) is 1. The average molecular weight is 507 g/mol. The first-order valence-corrected chi connectivity index (χ1v) is 11.4. The van der Waals surface area contributed by atoms with Gasteiger partial charge in [-0.25, -0.2) is 0 Å². The van der Waals surface area contributed by atoms with Crippen molar-refractivity contribution in [3.63, 3.8) is 0 Å². The number of nitrogens with zero attached hydrogens (tertiary/aromatic N) is 1. The van der Waals surface area contributed by atoms with E-state index in [2.05, 4.69) is 10.3 Å². The van der Waals surface area contributed by atoms with E-state index >= 15 is 0 Å². The van der Waals surface area contributed by atoms with Crippen molar-refractivity contribution in [3.05, 3.63) is 125 Å². The molecule has 0 aliphatic rings. The van der Waals surface area contributed by atoms with E-state index in [9.17, 15) is 18.0 Å². The maximum atomic E-state index is 13.8. The van der Waals surface area contributed by atoms with E-state index < -0.39 is 23.2 Å². The Labute approximate surface area is 212 Å². The van der Waals surface area contributed by atoms with Gasteiger partial charge in [0.15, 0.2) is 0 Å². The second-order valence-electron chi connectivity index (χ2n) is 8.38. The fourth-order valence-corrected chi connectivity index (χ4v) is 4.25. The van der Waals surface area contributed by atoms with Gasteiger partial charge in [-0.2, -0.15) is 13.2 Å². The van der Waals surface area contributed by atoms with Crippen LogP contribution in [0.3, 0.4) is 0 Å². The smallest absolute Gasteiger partial charge is 0.416 e. The summed E-state index contributed by atoms with van der Waals surface area (Å²) in [6, 6.07) is 24.0. The number of aromatic nitrogens is 1. The number of alkyl halides is 3. The van der Waals surface area contributed by atoms with Crippen LogP contribution in [-0.4, -0.2) is 25.1 Å². The van der Waals surface area contributed by atoms with Crippen LogP contribution in [0.2, 0.25) is 0 Å². The third-order valence-corrected chi connectivity index (χ3v) is 6.08. The Morgan fingerprint density at radius 1 is 0.838 bits per heavy atom. The molecule has 37 heavy (non-hydrogen) atoms. The van der Waals surface area contributed by atoms with Gasteiger partial charge in [-0.05, 0) is 47.5 Å².